The second-order valence-electron chi connectivity index (χ2n) is 6.51. The van der Waals surface area contributed by atoms with Crippen LogP contribution in [0.2, 0.25) is 0 Å². The molecule has 4 rings (SSSR count). The van der Waals surface area contributed by atoms with Gasteiger partial charge >= 0.3 is 0 Å². The lowest BCUT2D eigenvalue weighted by Crippen LogP contribution is -2.37. The van der Waals surface area contributed by atoms with Gasteiger partial charge in [-0.1, -0.05) is 0 Å². The van der Waals surface area contributed by atoms with Crippen LogP contribution in [-0.2, 0) is 18.3 Å². The van der Waals surface area contributed by atoms with Crippen LogP contribution in [0.25, 0.3) is 22.2 Å². The third kappa shape index (κ3) is 3.03. The average molecular weight is 341 g/mol. The molecule has 4 heterocycles. The molecule has 0 amide bonds. The van der Waals surface area contributed by atoms with Crippen molar-refractivity contribution in [1.29, 1.82) is 5.41 Å². The van der Waals surface area contributed by atoms with Gasteiger partial charge in [0.25, 0.3) is 0 Å². The highest BCUT2D eigenvalue weighted by atomic mass is 16.5. The molecule has 132 valence electrons. The summed E-state index contributed by atoms with van der Waals surface area (Å²) in [5.41, 5.74) is 2.67. The van der Waals surface area contributed by atoms with Crippen molar-refractivity contribution in [3.8, 4) is 0 Å². The van der Waals surface area contributed by atoms with Gasteiger partial charge in [-0.2, -0.15) is 0 Å². The summed E-state index contributed by atoms with van der Waals surface area (Å²) in [6.07, 6.45) is 2.72. The Morgan fingerprint density at radius 1 is 1.20 bits per heavy atom. The number of rotatable bonds is 4. The molecule has 25 heavy (non-hydrogen) atoms. The predicted molar refractivity (Wildman–Crippen MR) is 94.3 cm³/mol. The van der Waals surface area contributed by atoms with E-state index in [-0.39, 0.29) is 0 Å². The lowest BCUT2D eigenvalue weighted by atomic mass is 10.3. The Balaban J connectivity index is 1.58. The first-order valence-corrected chi connectivity index (χ1v) is 8.67. The van der Waals surface area contributed by atoms with Gasteiger partial charge in [-0.25, -0.2) is 15.0 Å². The molecule has 0 saturated carbocycles. The molecular weight excluding hydrogens is 318 g/mol. The quantitative estimate of drug-likeness (QED) is 0.760. The molecule has 0 unspecified atom stereocenters. The van der Waals surface area contributed by atoms with Gasteiger partial charge < -0.3 is 13.9 Å². The maximum Gasteiger partial charge on any atom is 0.167 e. The highest BCUT2D eigenvalue weighted by Gasteiger charge is 2.12. The minimum absolute atomic E-state index is 0.449. The first-order valence-electron chi connectivity index (χ1n) is 8.67. The number of hydrogen-bond acceptors (Lipinski definition) is 6. The van der Waals surface area contributed by atoms with Gasteiger partial charge in [-0.15, -0.1) is 0 Å². The molecule has 1 aliphatic rings. The predicted octanol–water partition coefficient (Wildman–Crippen LogP) is 0.828. The Morgan fingerprint density at radius 3 is 2.80 bits per heavy atom. The van der Waals surface area contributed by atoms with E-state index in [4.69, 9.17) is 10.1 Å². The molecule has 0 radical (unpaired) electrons. The monoisotopic (exact) mass is 341 g/mol. The standard InChI is InChI=1S/C17H23N7O/c1-12-20-14-10-13-15(18)24(5-3-4-23-6-8-25-9-7-23)11-19-16(13)21-17(14)22(12)2/h10-11,18H,3-9H2,1-2H3. The molecule has 8 nitrogen and oxygen atoms in total. The normalized spacial score (nSPS) is 16.1. The van der Waals surface area contributed by atoms with Crippen molar-refractivity contribution in [2.75, 3.05) is 32.8 Å². The smallest absolute Gasteiger partial charge is 0.167 e. The SMILES string of the molecule is Cc1nc2cc3c(=N)n(CCCN4CCOCC4)cnc3nc2n1C. The summed E-state index contributed by atoms with van der Waals surface area (Å²) >= 11 is 0. The molecule has 0 atom stereocenters. The fourth-order valence-electron chi connectivity index (χ4n) is 3.28. The van der Waals surface area contributed by atoms with Crippen LogP contribution >= 0.6 is 0 Å². The van der Waals surface area contributed by atoms with Crippen LogP contribution in [0.4, 0.5) is 0 Å². The number of nitrogens with one attached hydrogen (secondary N) is 1. The van der Waals surface area contributed by atoms with E-state index in [1.165, 1.54) is 0 Å². The Labute approximate surface area is 145 Å². The average Bonchev–Trinajstić information content (AvgIpc) is 2.90. The van der Waals surface area contributed by atoms with E-state index in [1.807, 2.05) is 29.2 Å². The van der Waals surface area contributed by atoms with E-state index in [2.05, 4.69) is 19.9 Å². The molecule has 3 aromatic heterocycles. The summed E-state index contributed by atoms with van der Waals surface area (Å²) in [7, 11) is 1.94. The van der Waals surface area contributed by atoms with Crippen LogP contribution in [-0.4, -0.2) is 61.8 Å². The van der Waals surface area contributed by atoms with E-state index < -0.39 is 0 Å². The van der Waals surface area contributed by atoms with Crippen molar-refractivity contribution in [3.63, 3.8) is 0 Å². The van der Waals surface area contributed by atoms with Gasteiger partial charge in [0.05, 0.1) is 24.9 Å². The fourth-order valence-corrected chi connectivity index (χ4v) is 3.28. The molecular formula is C17H23N7O. The van der Waals surface area contributed by atoms with Crippen molar-refractivity contribution in [2.24, 2.45) is 7.05 Å². The highest BCUT2D eigenvalue weighted by molar-refractivity contribution is 5.86. The van der Waals surface area contributed by atoms with E-state index >= 15 is 0 Å². The molecule has 0 spiro atoms. The first-order chi connectivity index (χ1) is 12.1. The summed E-state index contributed by atoms with van der Waals surface area (Å²) in [5, 5.41) is 9.26. The molecule has 8 heteroatoms. The molecule has 3 aromatic rings. The molecule has 1 fully saturated rings. The molecule has 0 aromatic carbocycles. The van der Waals surface area contributed by atoms with Crippen LogP contribution in [0.1, 0.15) is 12.2 Å². The van der Waals surface area contributed by atoms with Crippen LogP contribution in [0.5, 0.6) is 0 Å². The van der Waals surface area contributed by atoms with Crippen LogP contribution in [0.15, 0.2) is 12.4 Å². The van der Waals surface area contributed by atoms with Crippen LogP contribution in [0, 0.1) is 12.3 Å². The van der Waals surface area contributed by atoms with E-state index in [1.54, 1.807) is 6.33 Å². The summed E-state index contributed by atoms with van der Waals surface area (Å²) in [6.45, 7) is 7.37. The molecule has 1 aliphatic heterocycles. The number of morpholine rings is 1. The largest absolute Gasteiger partial charge is 0.379 e. The second kappa shape index (κ2) is 6.53. The number of ether oxygens (including phenoxy) is 1. The number of pyridine rings is 1. The lowest BCUT2D eigenvalue weighted by Gasteiger charge is -2.26. The Kier molecular flexibility index (Phi) is 4.22. The van der Waals surface area contributed by atoms with Crippen molar-refractivity contribution in [1.82, 2.24) is 29.0 Å². The number of aromatic nitrogens is 5. The zero-order valence-electron chi connectivity index (χ0n) is 14.7. The first kappa shape index (κ1) is 16.2. The van der Waals surface area contributed by atoms with Gasteiger partial charge in [0.15, 0.2) is 11.3 Å². The third-order valence-electron chi connectivity index (χ3n) is 4.89. The molecule has 1 N–H and O–H groups in total. The van der Waals surface area contributed by atoms with Crippen molar-refractivity contribution < 1.29 is 4.74 Å². The minimum Gasteiger partial charge on any atom is -0.379 e. The topological polar surface area (TPSA) is 84.8 Å². The van der Waals surface area contributed by atoms with Crippen molar-refractivity contribution in [2.45, 2.75) is 19.9 Å². The van der Waals surface area contributed by atoms with Gasteiger partial charge in [-0.3, -0.25) is 10.3 Å². The summed E-state index contributed by atoms with van der Waals surface area (Å²) in [5.74, 6) is 0.905. The lowest BCUT2D eigenvalue weighted by molar-refractivity contribution is 0.0369. The number of hydrogen-bond donors (Lipinski definition) is 1. The Morgan fingerprint density at radius 2 is 2.00 bits per heavy atom. The Hall–Kier alpha value is -2.32. The minimum atomic E-state index is 0.449. The highest BCUT2D eigenvalue weighted by Crippen LogP contribution is 2.16. The number of aryl methyl sites for hydroxylation is 3. The van der Waals surface area contributed by atoms with Crippen molar-refractivity contribution in [3.05, 3.63) is 23.7 Å². The molecule has 1 saturated heterocycles. The Bertz CT molecular complexity index is 968. The second-order valence-corrected chi connectivity index (χ2v) is 6.51. The molecule has 0 bridgehead atoms. The zero-order valence-corrected chi connectivity index (χ0v) is 14.7. The van der Waals surface area contributed by atoms with E-state index in [9.17, 15) is 0 Å². The van der Waals surface area contributed by atoms with Gasteiger partial charge in [0, 0.05) is 33.2 Å². The summed E-state index contributed by atoms with van der Waals surface area (Å²) in [4.78, 5) is 16.0. The van der Waals surface area contributed by atoms with Crippen LogP contribution in [0.3, 0.4) is 0 Å². The zero-order chi connectivity index (χ0) is 17.4. The third-order valence-corrected chi connectivity index (χ3v) is 4.89. The number of fused-ring (bicyclic) bond motifs is 2. The number of nitrogens with zero attached hydrogens (tertiary/aromatic N) is 6. The maximum atomic E-state index is 8.51. The van der Waals surface area contributed by atoms with Crippen LogP contribution < -0.4 is 5.49 Å². The van der Waals surface area contributed by atoms with E-state index in [0.29, 0.717) is 11.1 Å². The summed E-state index contributed by atoms with van der Waals surface area (Å²) in [6, 6.07) is 1.93. The van der Waals surface area contributed by atoms with Gasteiger partial charge in [-0.05, 0) is 19.4 Å². The van der Waals surface area contributed by atoms with Gasteiger partial charge in [0.2, 0.25) is 0 Å². The number of imidazole rings is 1. The maximum absolute atomic E-state index is 8.51. The van der Waals surface area contributed by atoms with Crippen molar-refractivity contribution >= 4 is 22.2 Å². The fraction of sp³-hybridized carbons (Fsp3) is 0.529. The summed E-state index contributed by atoms with van der Waals surface area (Å²) < 4.78 is 9.22. The van der Waals surface area contributed by atoms with E-state index in [0.717, 1.165) is 68.2 Å². The molecule has 0 aliphatic carbocycles. The van der Waals surface area contributed by atoms with Gasteiger partial charge in [0.1, 0.15) is 16.8 Å².